The van der Waals surface area contributed by atoms with Crippen molar-refractivity contribution >= 4 is 27.3 Å². The van der Waals surface area contributed by atoms with Crippen molar-refractivity contribution in [2.45, 2.75) is 13.5 Å². The number of aromatic nitrogens is 1. The Morgan fingerprint density at radius 3 is 2.87 bits per heavy atom. The van der Waals surface area contributed by atoms with Gasteiger partial charge in [0, 0.05) is 30.6 Å². The van der Waals surface area contributed by atoms with Gasteiger partial charge in [-0.15, -0.1) is 11.3 Å². The van der Waals surface area contributed by atoms with Gasteiger partial charge in [0.2, 0.25) is 0 Å². The van der Waals surface area contributed by atoms with Crippen molar-refractivity contribution in [2.75, 3.05) is 0 Å². The van der Waals surface area contributed by atoms with Crippen molar-refractivity contribution in [3.63, 3.8) is 0 Å². The molecule has 0 fully saturated rings. The molecule has 0 amide bonds. The van der Waals surface area contributed by atoms with E-state index in [1.54, 1.807) is 17.4 Å². The summed E-state index contributed by atoms with van der Waals surface area (Å²) in [5.41, 5.74) is 2.11. The van der Waals surface area contributed by atoms with Crippen LogP contribution in [-0.2, 0) is 6.54 Å². The van der Waals surface area contributed by atoms with Crippen molar-refractivity contribution < 1.29 is 0 Å². The maximum absolute atomic E-state index is 11.2. The van der Waals surface area contributed by atoms with Gasteiger partial charge in [-0.25, -0.2) is 0 Å². The number of thiophene rings is 1. The first kappa shape index (κ1) is 10.6. The highest BCUT2D eigenvalue weighted by molar-refractivity contribution is 9.11. The molecule has 2 heterocycles. The van der Waals surface area contributed by atoms with E-state index in [1.165, 1.54) is 5.56 Å². The average molecular weight is 284 g/mol. The summed E-state index contributed by atoms with van der Waals surface area (Å²) >= 11 is 5.17. The minimum Gasteiger partial charge on any atom is -0.349 e. The van der Waals surface area contributed by atoms with Gasteiger partial charge >= 0.3 is 0 Å². The predicted molar refractivity (Wildman–Crippen MR) is 66.6 cm³/mol. The monoisotopic (exact) mass is 283 g/mol. The molecule has 0 spiro atoms. The lowest BCUT2D eigenvalue weighted by Gasteiger charge is -2.05. The average Bonchev–Trinajstić information content (AvgIpc) is 2.59. The molecule has 0 atom stereocenters. The lowest BCUT2D eigenvalue weighted by atomic mass is 10.3. The summed E-state index contributed by atoms with van der Waals surface area (Å²) in [6.45, 7) is 2.63. The third-order valence-electron chi connectivity index (χ3n) is 2.21. The Kier molecular flexibility index (Phi) is 3.07. The molecule has 15 heavy (non-hydrogen) atoms. The van der Waals surface area contributed by atoms with Crippen LogP contribution < -0.4 is 5.43 Å². The van der Waals surface area contributed by atoms with Crippen molar-refractivity contribution in [1.82, 2.24) is 4.57 Å². The first-order chi connectivity index (χ1) is 7.16. The van der Waals surface area contributed by atoms with Gasteiger partial charge < -0.3 is 4.57 Å². The fourth-order valence-corrected chi connectivity index (χ4v) is 2.59. The molecule has 0 saturated carbocycles. The van der Waals surface area contributed by atoms with Gasteiger partial charge in [-0.05, 0) is 39.9 Å². The molecule has 4 heteroatoms. The maximum Gasteiger partial charge on any atom is 0.184 e. The van der Waals surface area contributed by atoms with E-state index in [4.69, 9.17) is 0 Å². The van der Waals surface area contributed by atoms with Gasteiger partial charge in [-0.3, -0.25) is 4.79 Å². The predicted octanol–water partition coefficient (Wildman–Crippen LogP) is 3.03. The Labute approximate surface area is 100 Å². The number of pyridine rings is 1. The van der Waals surface area contributed by atoms with Crippen molar-refractivity contribution in [3.05, 3.63) is 55.0 Å². The molecule has 2 nitrogen and oxygen atoms in total. The zero-order valence-corrected chi connectivity index (χ0v) is 10.6. The molecule has 0 aliphatic carbocycles. The molecule has 0 saturated heterocycles. The molecule has 78 valence electrons. The summed E-state index contributed by atoms with van der Waals surface area (Å²) in [4.78, 5) is 11.2. The Morgan fingerprint density at radius 1 is 1.47 bits per heavy atom. The molecule has 2 aromatic rings. The van der Waals surface area contributed by atoms with Gasteiger partial charge in [-0.1, -0.05) is 0 Å². The van der Waals surface area contributed by atoms with Crippen LogP contribution in [0.25, 0.3) is 0 Å². The van der Waals surface area contributed by atoms with Crippen molar-refractivity contribution in [1.29, 1.82) is 0 Å². The van der Waals surface area contributed by atoms with Gasteiger partial charge in [0.15, 0.2) is 5.43 Å². The highest BCUT2D eigenvalue weighted by atomic mass is 79.9. The third kappa shape index (κ3) is 2.38. The van der Waals surface area contributed by atoms with Crippen LogP contribution in [0.3, 0.4) is 0 Å². The van der Waals surface area contributed by atoms with Crippen LogP contribution in [0.5, 0.6) is 0 Å². The molecule has 2 rings (SSSR count). The Hall–Kier alpha value is -0.870. The van der Waals surface area contributed by atoms with Crippen LogP contribution in [0.1, 0.15) is 11.1 Å². The second kappa shape index (κ2) is 4.33. The first-order valence-corrected chi connectivity index (χ1v) is 6.22. The second-order valence-electron chi connectivity index (χ2n) is 3.38. The standard InChI is InChI=1S/C11H10BrNOS/c1-8-6-13(4-2-10(8)14)7-9-3-5-15-11(9)12/h2-6H,7H2,1H3. The molecule has 0 unspecified atom stereocenters. The van der Waals surface area contributed by atoms with E-state index < -0.39 is 0 Å². The van der Waals surface area contributed by atoms with Gasteiger partial charge in [0.05, 0.1) is 3.79 Å². The first-order valence-electron chi connectivity index (χ1n) is 4.55. The fraction of sp³-hybridized carbons (Fsp3) is 0.182. The van der Waals surface area contributed by atoms with E-state index in [0.29, 0.717) is 0 Å². The number of nitrogens with zero attached hydrogens (tertiary/aromatic N) is 1. The van der Waals surface area contributed by atoms with E-state index in [1.807, 2.05) is 23.9 Å². The van der Waals surface area contributed by atoms with E-state index in [0.717, 1.165) is 15.9 Å². The molecular weight excluding hydrogens is 274 g/mol. The van der Waals surface area contributed by atoms with Crippen LogP contribution in [0.4, 0.5) is 0 Å². The van der Waals surface area contributed by atoms with Crippen LogP contribution in [0, 0.1) is 6.92 Å². The Bertz CT molecular complexity index is 529. The minimum absolute atomic E-state index is 0.0932. The quantitative estimate of drug-likeness (QED) is 0.831. The van der Waals surface area contributed by atoms with Gasteiger partial charge in [0.1, 0.15) is 0 Å². The second-order valence-corrected chi connectivity index (χ2v) is 5.62. The highest BCUT2D eigenvalue weighted by Gasteiger charge is 2.01. The summed E-state index contributed by atoms with van der Waals surface area (Å²) in [6, 6.07) is 3.69. The topological polar surface area (TPSA) is 22.0 Å². The van der Waals surface area contributed by atoms with E-state index in [9.17, 15) is 4.79 Å². The van der Waals surface area contributed by atoms with Crippen LogP contribution in [-0.4, -0.2) is 4.57 Å². The number of rotatable bonds is 2. The fourth-order valence-electron chi connectivity index (χ4n) is 1.38. The number of halogens is 1. The summed E-state index contributed by atoms with van der Waals surface area (Å²) in [5, 5.41) is 2.05. The molecule has 0 N–H and O–H groups in total. The smallest absolute Gasteiger partial charge is 0.184 e. The highest BCUT2D eigenvalue weighted by Crippen LogP contribution is 2.23. The van der Waals surface area contributed by atoms with Crippen LogP contribution in [0.2, 0.25) is 0 Å². The lowest BCUT2D eigenvalue weighted by Crippen LogP contribution is -2.09. The van der Waals surface area contributed by atoms with E-state index in [-0.39, 0.29) is 5.43 Å². The molecule has 0 aliphatic rings. The van der Waals surface area contributed by atoms with E-state index in [2.05, 4.69) is 27.4 Å². The SMILES string of the molecule is Cc1cn(Cc2ccsc2Br)ccc1=O. The Morgan fingerprint density at radius 2 is 2.27 bits per heavy atom. The largest absolute Gasteiger partial charge is 0.349 e. The lowest BCUT2D eigenvalue weighted by molar-refractivity contribution is 0.783. The molecule has 0 aliphatic heterocycles. The minimum atomic E-state index is 0.0932. The van der Waals surface area contributed by atoms with Crippen LogP contribution >= 0.6 is 27.3 Å². The van der Waals surface area contributed by atoms with E-state index >= 15 is 0 Å². The number of hydrogen-bond acceptors (Lipinski definition) is 2. The zero-order chi connectivity index (χ0) is 10.8. The summed E-state index contributed by atoms with van der Waals surface area (Å²) in [5.74, 6) is 0. The van der Waals surface area contributed by atoms with Crippen LogP contribution in [0.15, 0.2) is 38.5 Å². The summed E-state index contributed by atoms with van der Waals surface area (Å²) in [6.07, 6.45) is 3.70. The normalized spacial score (nSPS) is 10.5. The van der Waals surface area contributed by atoms with Gasteiger partial charge in [0.25, 0.3) is 0 Å². The maximum atomic E-state index is 11.2. The molecule has 0 aromatic carbocycles. The number of aryl methyl sites for hydroxylation is 1. The molecular formula is C11H10BrNOS. The summed E-state index contributed by atoms with van der Waals surface area (Å²) < 4.78 is 3.17. The molecule has 2 aromatic heterocycles. The number of hydrogen-bond donors (Lipinski definition) is 0. The Balaban J connectivity index is 2.29. The van der Waals surface area contributed by atoms with Crippen molar-refractivity contribution in [2.24, 2.45) is 0 Å². The zero-order valence-electron chi connectivity index (χ0n) is 8.24. The molecule has 0 bridgehead atoms. The summed E-state index contributed by atoms with van der Waals surface area (Å²) in [7, 11) is 0. The third-order valence-corrected chi connectivity index (χ3v) is 4.02. The van der Waals surface area contributed by atoms with Crippen molar-refractivity contribution in [3.8, 4) is 0 Å². The molecule has 0 radical (unpaired) electrons. The van der Waals surface area contributed by atoms with Gasteiger partial charge in [-0.2, -0.15) is 0 Å².